The number of hydrogen-bond acceptors (Lipinski definition) is 4. The maximum atomic E-state index is 11.9. The third-order valence-corrected chi connectivity index (χ3v) is 4.37. The van der Waals surface area contributed by atoms with Crippen molar-refractivity contribution in [2.24, 2.45) is 5.41 Å². The number of ether oxygens (including phenoxy) is 1. The van der Waals surface area contributed by atoms with Crippen LogP contribution in [0.1, 0.15) is 38.5 Å². The van der Waals surface area contributed by atoms with Gasteiger partial charge in [-0.1, -0.05) is 12.8 Å². The fourth-order valence-electron chi connectivity index (χ4n) is 2.55. The van der Waals surface area contributed by atoms with Crippen molar-refractivity contribution in [3.8, 4) is 0 Å². The summed E-state index contributed by atoms with van der Waals surface area (Å²) in [5.74, 6) is -0.253. The van der Waals surface area contributed by atoms with Crippen LogP contribution < -0.4 is 5.32 Å². The molecule has 0 unspecified atom stereocenters. The Balaban J connectivity index is 1.57. The second-order valence-corrected chi connectivity index (χ2v) is 6.22. The van der Waals surface area contributed by atoms with Crippen LogP contribution in [0.4, 0.5) is 0 Å². The largest absolute Gasteiger partial charge is 0.396 e. The average Bonchev–Trinajstić information content (AvgIpc) is 3.29. The van der Waals surface area contributed by atoms with Gasteiger partial charge in [-0.2, -0.15) is 0 Å². The van der Waals surface area contributed by atoms with Crippen molar-refractivity contribution >= 4 is 11.8 Å². The molecule has 1 aliphatic heterocycles. The van der Waals surface area contributed by atoms with Gasteiger partial charge in [-0.3, -0.25) is 9.59 Å². The number of aliphatic hydroxyl groups excluding tert-OH is 1. The summed E-state index contributed by atoms with van der Waals surface area (Å²) in [6.07, 6.45) is 6.38. The summed E-state index contributed by atoms with van der Waals surface area (Å²) >= 11 is 0. The van der Waals surface area contributed by atoms with Gasteiger partial charge in [-0.15, -0.1) is 0 Å². The summed E-state index contributed by atoms with van der Waals surface area (Å²) in [4.78, 5) is 25.4. The van der Waals surface area contributed by atoms with E-state index in [1.54, 1.807) is 0 Å². The van der Waals surface area contributed by atoms with Crippen LogP contribution in [0.5, 0.6) is 0 Å². The number of aliphatic hydroxyl groups is 1. The fraction of sp³-hybridized carbons (Fsp3) is 0.867. The highest BCUT2D eigenvalue weighted by Gasteiger charge is 2.42. The van der Waals surface area contributed by atoms with Crippen LogP contribution in [-0.4, -0.2) is 61.3 Å². The molecule has 2 amide bonds. The minimum atomic E-state index is -0.224. The zero-order chi connectivity index (χ0) is 15.1. The van der Waals surface area contributed by atoms with Crippen LogP contribution in [0.2, 0.25) is 0 Å². The van der Waals surface area contributed by atoms with Gasteiger partial charge in [0, 0.05) is 25.0 Å². The van der Waals surface area contributed by atoms with Crippen LogP contribution in [0, 0.1) is 5.41 Å². The van der Waals surface area contributed by atoms with Crippen molar-refractivity contribution in [3.63, 3.8) is 0 Å². The standard InChI is InChI=1S/C15H26N2O4/c18-12-15(5-6-15)11-16-13(19)9-21-10-14(20)17-7-3-1-2-4-8-17/h18H,1-12H2,(H,16,19). The van der Waals surface area contributed by atoms with Crippen molar-refractivity contribution in [2.75, 3.05) is 39.5 Å². The van der Waals surface area contributed by atoms with Gasteiger partial charge >= 0.3 is 0 Å². The molecule has 1 heterocycles. The smallest absolute Gasteiger partial charge is 0.248 e. The van der Waals surface area contributed by atoms with Crippen molar-refractivity contribution < 1.29 is 19.4 Å². The monoisotopic (exact) mass is 298 g/mol. The SMILES string of the molecule is O=C(COCC(=O)N1CCCCCC1)NCC1(CO)CC1. The lowest BCUT2D eigenvalue weighted by atomic mass is 10.1. The Kier molecular flexibility index (Phi) is 5.99. The maximum absolute atomic E-state index is 11.9. The Morgan fingerprint density at radius 3 is 2.33 bits per heavy atom. The summed E-state index contributed by atoms with van der Waals surface area (Å²) < 4.78 is 5.20. The van der Waals surface area contributed by atoms with Gasteiger partial charge in [0.15, 0.2) is 0 Å². The number of likely N-dealkylation sites (tertiary alicyclic amines) is 1. The number of nitrogens with zero attached hydrogens (tertiary/aromatic N) is 1. The fourth-order valence-corrected chi connectivity index (χ4v) is 2.55. The van der Waals surface area contributed by atoms with Gasteiger partial charge in [0.2, 0.25) is 11.8 Å². The maximum Gasteiger partial charge on any atom is 0.248 e. The minimum absolute atomic E-state index is 0.0290. The molecular weight excluding hydrogens is 272 g/mol. The van der Waals surface area contributed by atoms with Crippen LogP contribution in [0.3, 0.4) is 0 Å². The molecule has 2 rings (SSSR count). The Morgan fingerprint density at radius 1 is 1.10 bits per heavy atom. The van der Waals surface area contributed by atoms with Gasteiger partial charge in [0.05, 0.1) is 6.61 Å². The van der Waals surface area contributed by atoms with E-state index in [4.69, 9.17) is 9.84 Å². The Hall–Kier alpha value is -1.14. The van der Waals surface area contributed by atoms with E-state index >= 15 is 0 Å². The quantitative estimate of drug-likeness (QED) is 0.708. The van der Waals surface area contributed by atoms with E-state index < -0.39 is 0 Å². The molecule has 6 heteroatoms. The van der Waals surface area contributed by atoms with E-state index in [1.807, 2.05) is 4.90 Å². The van der Waals surface area contributed by atoms with E-state index in [2.05, 4.69) is 5.32 Å². The Labute approximate surface area is 125 Å². The first-order valence-electron chi connectivity index (χ1n) is 7.88. The Bertz CT molecular complexity index is 361. The number of carbonyl (C=O) groups is 2. The van der Waals surface area contributed by atoms with Gasteiger partial charge in [0.1, 0.15) is 13.2 Å². The zero-order valence-corrected chi connectivity index (χ0v) is 12.6. The molecule has 0 bridgehead atoms. The van der Waals surface area contributed by atoms with Crippen LogP contribution in [0.25, 0.3) is 0 Å². The molecule has 1 saturated heterocycles. The number of rotatable bonds is 7. The van der Waals surface area contributed by atoms with E-state index in [0.29, 0.717) is 6.54 Å². The molecule has 0 aromatic heterocycles. The van der Waals surface area contributed by atoms with Gasteiger partial charge in [-0.05, 0) is 25.7 Å². The van der Waals surface area contributed by atoms with Crippen molar-refractivity contribution in [1.29, 1.82) is 0 Å². The second kappa shape index (κ2) is 7.75. The van der Waals surface area contributed by atoms with Crippen LogP contribution in [0.15, 0.2) is 0 Å². The van der Waals surface area contributed by atoms with Crippen molar-refractivity contribution in [2.45, 2.75) is 38.5 Å². The molecule has 0 aromatic rings. The molecule has 2 N–H and O–H groups in total. The molecule has 0 atom stereocenters. The molecule has 1 aliphatic carbocycles. The van der Waals surface area contributed by atoms with Gasteiger partial charge in [0.25, 0.3) is 0 Å². The molecule has 0 spiro atoms. The van der Waals surface area contributed by atoms with Crippen LogP contribution >= 0.6 is 0 Å². The van der Waals surface area contributed by atoms with Gasteiger partial charge < -0.3 is 20.1 Å². The number of carbonyl (C=O) groups excluding carboxylic acids is 2. The number of amides is 2. The minimum Gasteiger partial charge on any atom is -0.396 e. The third kappa shape index (κ3) is 5.28. The predicted octanol–water partition coefficient (Wildman–Crippen LogP) is 0.294. The highest BCUT2D eigenvalue weighted by Crippen LogP contribution is 2.44. The predicted molar refractivity (Wildman–Crippen MR) is 77.6 cm³/mol. The van der Waals surface area contributed by atoms with Crippen molar-refractivity contribution in [1.82, 2.24) is 10.2 Å². The molecule has 0 radical (unpaired) electrons. The molecular formula is C15H26N2O4. The summed E-state index contributed by atoms with van der Waals surface area (Å²) in [5.41, 5.74) is -0.0997. The number of nitrogens with one attached hydrogen (secondary N) is 1. The highest BCUT2D eigenvalue weighted by atomic mass is 16.5. The molecule has 120 valence electrons. The lowest BCUT2D eigenvalue weighted by Crippen LogP contribution is -2.37. The van der Waals surface area contributed by atoms with Crippen molar-refractivity contribution in [3.05, 3.63) is 0 Å². The highest BCUT2D eigenvalue weighted by molar-refractivity contribution is 5.79. The first-order chi connectivity index (χ1) is 10.2. The zero-order valence-electron chi connectivity index (χ0n) is 12.6. The first kappa shape index (κ1) is 16.2. The lowest BCUT2D eigenvalue weighted by Gasteiger charge is -2.20. The molecule has 2 aliphatic rings. The average molecular weight is 298 g/mol. The summed E-state index contributed by atoms with van der Waals surface area (Å²) in [6.45, 7) is 2.08. The number of hydrogen-bond donors (Lipinski definition) is 2. The van der Waals surface area contributed by atoms with Crippen LogP contribution in [-0.2, 0) is 14.3 Å². The second-order valence-electron chi connectivity index (χ2n) is 6.22. The Morgan fingerprint density at radius 2 is 1.76 bits per heavy atom. The normalized spacial score (nSPS) is 20.7. The molecule has 6 nitrogen and oxygen atoms in total. The summed E-state index contributed by atoms with van der Waals surface area (Å²) in [5, 5.41) is 11.9. The van der Waals surface area contributed by atoms with E-state index in [-0.39, 0.29) is 37.0 Å². The molecule has 21 heavy (non-hydrogen) atoms. The van der Waals surface area contributed by atoms with E-state index in [0.717, 1.165) is 38.8 Å². The van der Waals surface area contributed by atoms with E-state index in [1.165, 1.54) is 12.8 Å². The summed E-state index contributed by atoms with van der Waals surface area (Å²) in [6, 6.07) is 0. The van der Waals surface area contributed by atoms with E-state index in [9.17, 15) is 9.59 Å². The summed E-state index contributed by atoms with van der Waals surface area (Å²) in [7, 11) is 0. The lowest BCUT2D eigenvalue weighted by molar-refractivity contribution is -0.138. The third-order valence-electron chi connectivity index (χ3n) is 4.37. The molecule has 2 fully saturated rings. The molecule has 0 aromatic carbocycles. The molecule has 1 saturated carbocycles. The first-order valence-corrected chi connectivity index (χ1v) is 7.88. The van der Waals surface area contributed by atoms with Gasteiger partial charge in [-0.25, -0.2) is 0 Å². The topological polar surface area (TPSA) is 78.9 Å².